The number of sulfonamides is 1. The molecule has 0 heterocycles. The minimum Gasteiger partial charge on any atom is -0.495 e. The van der Waals surface area contributed by atoms with Crippen LogP contribution >= 0.6 is 11.6 Å². The van der Waals surface area contributed by atoms with Gasteiger partial charge in [-0.15, -0.1) is 0 Å². The molecule has 1 saturated carbocycles. The van der Waals surface area contributed by atoms with E-state index in [4.69, 9.17) is 16.3 Å². The molecule has 236 valence electrons. The summed E-state index contributed by atoms with van der Waals surface area (Å²) in [6, 6.07) is 18.1. The fraction of sp³-hybridized carbons (Fsp3) is 0.412. The first-order valence-corrected chi connectivity index (χ1v) is 16.9. The normalized spacial score (nSPS) is 14.5. The standard InChI is InChI=1S/C34H42ClN3O5S/c1-5-30(34(40)36-28-9-7-6-8-10-28)37(22-26-15-11-24(2)12-16-26)33(39)23-38(31-21-27(35)17-20-32(31)43-4)44(41,42)29-18-13-25(3)14-19-29/h11-21,28,30H,5-10,22-23H2,1-4H3,(H,36,40). The maximum absolute atomic E-state index is 14.4. The molecule has 1 aliphatic rings. The number of nitrogens with one attached hydrogen (secondary N) is 1. The number of nitrogens with zero attached hydrogens (tertiary/aromatic N) is 2. The Morgan fingerprint density at radius 1 is 0.955 bits per heavy atom. The molecule has 0 aliphatic heterocycles. The van der Waals surface area contributed by atoms with Crippen LogP contribution in [0.15, 0.2) is 71.6 Å². The first-order valence-electron chi connectivity index (χ1n) is 15.1. The second kappa shape index (κ2) is 14.9. The highest BCUT2D eigenvalue weighted by molar-refractivity contribution is 7.92. The predicted octanol–water partition coefficient (Wildman–Crippen LogP) is 6.42. The van der Waals surface area contributed by atoms with Crippen molar-refractivity contribution in [2.45, 2.75) is 82.8 Å². The van der Waals surface area contributed by atoms with E-state index in [1.807, 2.05) is 45.0 Å². The second-order valence-corrected chi connectivity index (χ2v) is 13.7. The van der Waals surface area contributed by atoms with Crippen LogP contribution in [-0.4, -0.2) is 50.9 Å². The SMILES string of the molecule is CCC(C(=O)NC1CCCCC1)N(Cc1ccc(C)cc1)C(=O)CN(c1cc(Cl)ccc1OC)S(=O)(=O)c1ccc(C)cc1. The molecule has 1 aliphatic carbocycles. The summed E-state index contributed by atoms with van der Waals surface area (Å²) < 4.78 is 34.9. The number of amides is 2. The van der Waals surface area contributed by atoms with E-state index in [1.165, 1.54) is 30.2 Å². The second-order valence-electron chi connectivity index (χ2n) is 11.4. The van der Waals surface area contributed by atoms with Gasteiger partial charge < -0.3 is 15.0 Å². The van der Waals surface area contributed by atoms with E-state index < -0.39 is 28.5 Å². The molecular formula is C34H42ClN3O5S. The summed E-state index contributed by atoms with van der Waals surface area (Å²) in [6.45, 7) is 5.28. The van der Waals surface area contributed by atoms with Gasteiger partial charge >= 0.3 is 0 Å². The van der Waals surface area contributed by atoms with Gasteiger partial charge in [0.15, 0.2) is 0 Å². The number of hydrogen-bond donors (Lipinski definition) is 1. The number of aryl methyl sites for hydroxylation is 2. The van der Waals surface area contributed by atoms with Crippen LogP contribution in [0.5, 0.6) is 5.75 Å². The molecule has 0 bridgehead atoms. The van der Waals surface area contributed by atoms with Crippen LogP contribution in [0.3, 0.4) is 0 Å². The molecule has 1 fully saturated rings. The van der Waals surface area contributed by atoms with Crippen LogP contribution in [0.2, 0.25) is 5.02 Å². The van der Waals surface area contributed by atoms with Crippen LogP contribution in [-0.2, 0) is 26.2 Å². The molecule has 10 heteroatoms. The molecule has 0 aromatic heterocycles. The van der Waals surface area contributed by atoms with Crippen molar-refractivity contribution in [2.24, 2.45) is 0 Å². The fourth-order valence-corrected chi connectivity index (χ4v) is 7.15. The first-order chi connectivity index (χ1) is 21.0. The van der Waals surface area contributed by atoms with E-state index in [0.29, 0.717) is 6.42 Å². The Morgan fingerprint density at radius 2 is 1.57 bits per heavy atom. The highest BCUT2D eigenvalue weighted by Gasteiger charge is 2.35. The van der Waals surface area contributed by atoms with E-state index in [2.05, 4.69) is 5.32 Å². The van der Waals surface area contributed by atoms with Crippen molar-refractivity contribution in [1.82, 2.24) is 10.2 Å². The highest BCUT2D eigenvalue weighted by Crippen LogP contribution is 2.35. The zero-order valence-corrected chi connectivity index (χ0v) is 27.5. The van der Waals surface area contributed by atoms with E-state index in [9.17, 15) is 18.0 Å². The molecule has 0 spiro atoms. The number of ether oxygens (including phenoxy) is 1. The Labute approximate surface area is 266 Å². The van der Waals surface area contributed by atoms with Gasteiger partial charge in [0.05, 0.1) is 17.7 Å². The topological polar surface area (TPSA) is 96.0 Å². The van der Waals surface area contributed by atoms with E-state index in [1.54, 1.807) is 24.3 Å². The lowest BCUT2D eigenvalue weighted by Crippen LogP contribution is -2.54. The highest BCUT2D eigenvalue weighted by atomic mass is 35.5. The van der Waals surface area contributed by atoms with Gasteiger partial charge in [0.25, 0.3) is 10.0 Å². The number of anilines is 1. The smallest absolute Gasteiger partial charge is 0.264 e. The summed E-state index contributed by atoms with van der Waals surface area (Å²) in [5.41, 5.74) is 2.92. The lowest BCUT2D eigenvalue weighted by atomic mass is 9.95. The molecule has 1 unspecified atom stereocenters. The number of carbonyl (C=O) groups excluding carboxylic acids is 2. The van der Waals surface area contributed by atoms with Crippen LogP contribution < -0.4 is 14.4 Å². The molecule has 0 saturated heterocycles. The van der Waals surface area contributed by atoms with Crippen molar-refractivity contribution in [3.63, 3.8) is 0 Å². The van der Waals surface area contributed by atoms with Crippen molar-refractivity contribution in [1.29, 1.82) is 0 Å². The predicted molar refractivity (Wildman–Crippen MR) is 175 cm³/mol. The summed E-state index contributed by atoms with van der Waals surface area (Å²) in [7, 11) is -2.83. The lowest BCUT2D eigenvalue weighted by molar-refractivity contribution is -0.140. The molecule has 4 rings (SSSR count). The van der Waals surface area contributed by atoms with Crippen molar-refractivity contribution < 1.29 is 22.7 Å². The molecule has 1 N–H and O–H groups in total. The monoisotopic (exact) mass is 639 g/mol. The largest absolute Gasteiger partial charge is 0.495 e. The first kappa shape index (κ1) is 33.3. The average molecular weight is 640 g/mol. The van der Waals surface area contributed by atoms with Crippen LogP contribution in [0.25, 0.3) is 0 Å². The minimum atomic E-state index is -4.26. The molecule has 3 aromatic rings. The Hall–Kier alpha value is -3.56. The van der Waals surface area contributed by atoms with Gasteiger partial charge in [0.2, 0.25) is 11.8 Å². The molecule has 8 nitrogen and oxygen atoms in total. The average Bonchev–Trinajstić information content (AvgIpc) is 3.01. The fourth-order valence-electron chi connectivity index (χ4n) is 5.56. The van der Waals surface area contributed by atoms with Gasteiger partial charge in [0.1, 0.15) is 18.3 Å². The maximum Gasteiger partial charge on any atom is 0.264 e. The summed E-state index contributed by atoms with van der Waals surface area (Å²) in [4.78, 5) is 29.6. The number of halogens is 1. The third-order valence-electron chi connectivity index (χ3n) is 8.11. The van der Waals surface area contributed by atoms with Crippen molar-refractivity contribution >= 4 is 39.1 Å². The Balaban J connectivity index is 1.75. The van der Waals surface area contributed by atoms with Crippen molar-refractivity contribution in [3.8, 4) is 5.75 Å². The Morgan fingerprint density at radius 3 is 2.16 bits per heavy atom. The van der Waals surface area contributed by atoms with E-state index in [0.717, 1.165) is 53.1 Å². The maximum atomic E-state index is 14.4. The number of rotatable bonds is 12. The molecule has 3 aromatic carbocycles. The van der Waals surface area contributed by atoms with Gasteiger partial charge in [-0.2, -0.15) is 0 Å². The summed E-state index contributed by atoms with van der Waals surface area (Å²) in [5, 5.41) is 3.45. The van der Waals surface area contributed by atoms with Crippen LogP contribution in [0, 0.1) is 13.8 Å². The Bertz CT molecular complexity index is 1540. The molecule has 44 heavy (non-hydrogen) atoms. The minimum absolute atomic E-state index is 0.0186. The number of carbonyl (C=O) groups is 2. The van der Waals surface area contributed by atoms with E-state index >= 15 is 0 Å². The van der Waals surface area contributed by atoms with Gasteiger partial charge in [-0.3, -0.25) is 13.9 Å². The molecule has 0 radical (unpaired) electrons. The van der Waals surface area contributed by atoms with Crippen LogP contribution in [0.4, 0.5) is 5.69 Å². The summed E-state index contributed by atoms with van der Waals surface area (Å²) >= 11 is 6.34. The van der Waals surface area contributed by atoms with Crippen molar-refractivity contribution in [2.75, 3.05) is 18.0 Å². The molecular weight excluding hydrogens is 598 g/mol. The lowest BCUT2D eigenvalue weighted by Gasteiger charge is -2.34. The third kappa shape index (κ3) is 8.12. The molecule has 2 amide bonds. The zero-order valence-electron chi connectivity index (χ0n) is 25.9. The molecule has 1 atom stereocenters. The number of methoxy groups -OCH3 is 1. The zero-order chi connectivity index (χ0) is 31.9. The summed E-state index contributed by atoms with van der Waals surface area (Å²) in [5.74, 6) is -0.507. The third-order valence-corrected chi connectivity index (χ3v) is 10.1. The van der Waals surface area contributed by atoms with Gasteiger partial charge in [-0.05, 0) is 69.0 Å². The van der Waals surface area contributed by atoms with Gasteiger partial charge in [0, 0.05) is 17.6 Å². The summed E-state index contributed by atoms with van der Waals surface area (Å²) in [6.07, 6.45) is 5.44. The number of benzene rings is 3. The van der Waals surface area contributed by atoms with E-state index in [-0.39, 0.29) is 39.8 Å². The Kier molecular flexibility index (Phi) is 11.3. The van der Waals surface area contributed by atoms with Crippen LogP contribution in [0.1, 0.15) is 62.1 Å². The van der Waals surface area contributed by atoms with Gasteiger partial charge in [-0.1, -0.05) is 85.3 Å². The number of hydrogen-bond acceptors (Lipinski definition) is 5. The van der Waals surface area contributed by atoms with Gasteiger partial charge in [-0.25, -0.2) is 8.42 Å². The quantitative estimate of drug-likeness (QED) is 0.247. The van der Waals surface area contributed by atoms with Crippen molar-refractivity contribution in [3.05, 3.63) is 88.4 Å².